The second kappa shape index (κ2) is 10.5. The molecule has 8 nitrogen and oxygen atoms in total. The van der Waals surface area contributed by atoms with Crippen molar-refractivity contribution in [3.8, 4) is 11.5 Å². The van der Waals surface area contributed by atoms with Gasteiger partial charge < -0.3 is 24.8 Å². The number of benzene rings is 2. The number of amides is 2. The minimum atomic E-state index is -1.07. The van der Waals surface area contributed by atoms with Gasteiger partial charge in [0.25, 0.3) is 0 Å². The zero-order valence-electron chi connectivity index (χ0n) is 22.4. The first-order valence-electron chi connectivity index (χ1n) is 12.8. The molecule has 204 valence electrons. The van der Waals surface area contributed by atoms with E-state index < -0.39 is 35.7 Å². The van der Waals surface area contributed by atoms with Crippen molar-refractivity contribution < 1.29 is 28.6 Å². The molecule has 4 unspecified atom stereocenters. The van der Waals surface area contributed by atoms with Crippen molar-refractivity contribution in [3.63, 3.8) is 0 Å². The fourth-order valence-electron chi connectivity index (χ4n) is 5.68. The first kappa shape index (κ1) is 26.9. The highest BCUT2D eigenvalue weighted by molar-refractivity contribution is 7.12. The summed E-state index contributed by atoms with van der Waals surface area (Å²) in [6, 6.07) is 15.0. The van der Waals surface area contributed by atoms with Crippen LogP contribution in [0.2, 0.25) is 0 Å². The number of likely N-dealkylation sites (tertiary alicyclic amines) is 1. The smallest absolute Gasteiger partial charge is 0.249 e. The maximum atomic E-state index is 14.3. The summed E-state index contributed by atoms with van der Waals surface area (Å²) >= 11 is 1.33. The average molecular weight is 549 g/mol. The summed E-state index contributed by atoms with van der Waals surface area (Å²) in [7, 11) is 1.42. The molecule has 0 radical (unpaired) electrons. The molecule has 0 spiro atoms. The summed E-state index contributed by atoms with van der Waals surface area (Å²) in [6.07, 6.45) is 0. The number of rotatable bonds is 7. The van der Waals surface area contributed by atoms with Crippen molar-refractivity contribution in [1.29, 1.82) is 0 Å². The van der Waals surface area contributed by atoms with Gasteiger partial charge in [0, 0.05) is 13.0 Å². The number of thiophene rings is 1. The van der Waals surface area contributed by atoms with Gasteiger partial charge in [-0.05, 0) is 45.7 Å². The fraction of sp³-hybridized carbons (Fsp3) is 0.367. The number of primary amides is 1. The van der Waals surface area contributed by atoms with Gasteiger partial charge >= 0.3 is 0 Å². The summed E-state index contributed by atoms with van der Waals surface area (Å²) < 4.78 is 16.3. The quantitative estimate of drug-likeness (QED) is 0.438. The summed E-state index contributed by atoms with van der Waals surface area (Å²) in [5, 5.41) is 1.84. The highest BCUT2D eigenvalue weighted by atomic mass is 32.1. The van der Waals surface area contributed by atoms with E-state index in [0.717, 1.165) is 11.1 Å². The molecule has 0 aliphatic carbocycles. The molecule has 3 aromatic rings. The van der Waals surface area contributed by atoms with E-state index in [-0.39, 0.29) is 24.6 Å². The fourth-order valence-corrected chi connectivity index (χ4v) is 6.40. The van der Waals surface area contributed by atoms with Gasteiger partial charge in [-0.1, -0.05) is 57.2 Å². The number of hydrogen-bond acceptors (Lipinski definition) is 7. The Labute approximate surface area is 231 Å². The number of ether oxygens (including phenoxy) is 3. The van der Waals surface area contributed by atoms with Crippen molar-refractivity contribution in [1.82, 2.24) is 4.90 Å². The summed E-state index contributed by atoms with van der Waals surface area (Å²) in [5.74, 6) is -1.64. The predicted molar refractivity (Wildman–Crippen MR) is 147 cm³/mol. The largest absolute Gasteiger partial charge is 0.454 e. The lowest BCUT2D eigenvalue weighted by atomic mass is 9.76. The summed E-state index contributed by atoms with van der Waals surface area (Å²) in [6.45, 7) is 6.18. The van der Waals surface area contributed by atoms with E-state index >= 15 is 0 Å². The van der Waals surface area contributed by atoms with Gasteiger partial charge in [-0.15, -0.1) is 11.3 Å². The van der Waals surface area contributed by atoms with Gasteiger partial charge in [0.05, 0.1) is 16.8 Å². The Morgan fingerprint density at radius 2 is 1.72 bits per heavy atom. The van der Waals surface area contributed by atoms with Crippen LogP contribution in [0.4, 0.5) is 0 Å². The van der Waals surface area contributed by atoms with Crippen LogP contribution in [0.5, 0.6) is 11.5 Å². The Kier molecular flexibility index (Phi) is 7.22. The normalized spacial score (nSPS) is 22.2. The van der Waals surface area contributed by atoms with E-state index in [2.05, 4.69) is 20.8 Å². The van der Waals surface area contributed by atoms with E-state index in [1.807, 2.05) is 41.8 Å². The Hall–Kier alpha value is -3.69. The Morgan fingerprint density at radius 3 is 2.33 bits per heavy atom. The number of nitrogens with zero attached hydrogens (tertiary/aromatic N) is 1. The minimum Gasteiger partial charge on any atom is -0.454 e. The molecule has 3 heterocycles. The van der Waals surface area contributed by atoms with Crippen LogP contribution >= 0.6 is 11.3 Å². The number of fused-ring (bicyclic) bond motifs is 1. The Morgan fingerprint density at radius 1 is 1.03 bits per heavy atom. The number of nitrogens with two attached hydrogens (primary N) is 1. The zero-order valence-corrected chi connectivity index (χ0v) is 23.2. The van der Waals surface area contributed by atoms with E-state index in [1.54, 1.807) is 18.2 Å². The molecular weight excluding hydrogens is 516 g/mol. The van der Waals surface area contributed by atoms with Crippen LogP contribution in [0, 0.1) is 5.92 Å². The van der Waals surface area contributed by atoms with Crippen molar-refractivity contribution in [2.45, 2.75) is 44.2 Å². The lowest BCUT2D eigenvalue weighted by molar-refractivity contribution is -0.143. The van der Waals surface area contributed by atoms with Gasteiger partial charge in [0.15, 0.2) is 17.3 Å². The van der Waals surface area contributed by atoms with Crippen LogP contribution in [0.1, 0.15) is 59.1 Å². The van der Waals surface area contributed by atoms with E-state index in [0.29, 0.717) is 21.9 Å². The van der Waals surface area contributed by atoms with Crippen LogP contribution in [0.25, 0.3) is 0 Å². The van der Waals surface area contributed by atoms with Crippen LogP contribution in [-0.4, -0.2) is 49.0 Å². The topological polar surface area (TPSA) is 108 Å². The molecule has 2 amide bonds. The van der Waals surface area contributed by atoms with Gasteiger partial charge in [0.1, 0.15) is 12.6 Å². The molecule has 1 saturated heterocycles. The molecule has 5 rings (SSSR count). The maximum absolute atomic E-state index is 14.3. The van der Waals surface area contributed by atoms with Gasteiger partial charge in [-0.3, -0.25) is 14.4 Å². The van der Waals surface area contributed by atoms with Gasteiger partial charge in [-0.25, -0.2) is 0 Å². The molecule has 39 heavy (non-hydrogen) atoms. The molecule has 1 fully saturated rings. The van der Waals surface area contributed by atoms with E-state index in [4.69, 9.17) is 19.9 Å². The molecule has 1 aromatic heterocycles. The first-order chi connectivity index (χ1) is 18.6. The highest BCUT2D eigenvalue weighted by Gasteiger charge is 2.57. The number of methoxy groups -OCH3 is 1. The zero-order chi connectivity index (χ0) is 27.9. The van der Waals surface area contributed by atoms with Crippen molar-refractivity contribution in [3.05, 3.63) is 81.5 Å². The molecule has 0 saturated carbocycles. The lowest BCUT2D eigenvalue weighted by Gasteiger charge is -2.30. The summed E-state index contributed by atoms with van der Waals surface area (Å²) in [5.41, 5.74) is 8.48. The Bertz CT molecular complexity index is 1380. The lowest BCUT2D eigenvalue weighted by Crippen LogP contribution is -2.48. The van der Waals surface area contributed by atoms with Crippen molar-refractivity contribution in [2.24, 2.45) is 11.7 Å². The van der Waals surface area contributed by atoms with Crippen molar-refractivity contribution in [2.75, 3.05) is 20.5 Å². The Balaban J connectivity index is 1.72. The molecule has 0 bridgehead atoms. The van der Waals surface area contributed by atoms with Gasteiger partial charge in [0.2, 0.25) is 18.6 Å². The van der Waals surface area contributed by atoms with Crippen LogP contribution in [0.15, 0.2) is 60.0 Å². The second-order valence-electron chi connectivity index (χ2n) is 10.9. The van der Waals surface area contributed by atoms with Gasteiger partial charge in [-0.2, -0.15) is 0 Å². The molecule has 2 N–H and O–H groups in total. The summed E-state index contributed by atoms with van der Waals surface area (Å²) in [4.78, 5) is 43.1. The number of Topliss-reactive ketones (excluding diaryl/α,β-unsaturated/α-hetero) is 1. The van der Waals surface area contributed by atoms with Crippen molar-refractivity contribution >= 4 is 28.9 Å². The molecule has 9 heteroatoms. The average Bonchev–Trinajstić information content (AvgIpc) is 3.66. The molecule has 2 aromatic carbocycles. The monoisotopic (exact) mass is 548 g/mol. The van der Waals surface area contributed by atoms with Crippen LogP contribution in [0.3, 0.4) is 0 Å². The van der Waals surface area contributed by atoms with Crippen LogP contribution < -0.4 is 15.2 Å². The molecule has 2 aliphatic rings. The highest BCUT2D eigenvalue weighted by Crippen LogP contribution is 2.52. The number of ketones is 1. The second-order valence-corrected chi connectivity index (χ2v) is 11.9. The number of hydrogen-bond donors (Lipinski definition) is 1. The standard InChI is InChI=1S/C30H32N2O6S/c1-30(2,3)19-10-7-17(8-11-19)24-25(28(34)22-6-5-13-39-22)26(18-9-12-20-21(14-18)38-16-37-20)32(23(33)15-36-4)27(24)29(31)35/h5-14,24-27H,15-16H2,1-4H3,(H2,31,35). The van der Waals surface area contributed by atoms with Crippen LogP contribution in [-0.2, 0) is 19.7 Å². The third-order valence-corrected chi connectivity index (χ3v) is 8.36. The first-order valence-corrected chi connectivity index (χ1v) is 13.7. The number of carbonyl (C=O) groups excluding carboxylic acids is 3. The third kappa shape index (κ3) is 4.92. The SMILES string of the molecule is COCC(=O)N1C(C(N)=O)C(c2ccc(C(C)(C)C)cc2)C(C(=O)c2cccs2)C1c1ccc2c(c1)OCO2. The molecule has 4 atom stereocenters. The van der Waals surface area contributed by atoms with E-state index in [1.165, 1.54) is 23.3 Å². The number of carbonyl (C=O) groups is 3. The minimum absolute atomic E-state index is 0.0833. The predicted octanol–water partition coefficient (Wildman–Crippen LogP) is 4.44. The molecular formula is C30H32N2O6S. The third-order valence-electron chi connectivity index (χ3n) is 7.48. The maximum Gasteiger partial charge on any atom is 0.249 e. The molecule has 2 aliphatic heterocycles. The van der Waals surface area contributed by atoms with E-state index in [9.17, 15) is 14.4 Å².